The Bertz CT molecular complexity index is 650. The highest BCUT2D eigenvalue weighted by Crippen LogP contribution is 2.47. The van der Waals surface area contributed by atoms with Gasteiger partial charge in [-0.1, -0.05) is 0 Å². The predicted octanol–water partition coefficient (Wildman–Crippen LogP) is 1.56. The van der Waals surface area contributed by atoms with Crippen molar-refractivity contribution in [2.45, 2.75) is 57.6 Å². The zero-order valence-corrected chi connectivity index (χ0v) is 15.8. The number of rotatable bonds is 4. The van der Waals surface area contributed by atoms with E-state index in [-0.39, 0.29) is 12.4 Å². The maximum Gasteiger partial charge on any atom is 0.161 e. The number of fused-ring (bicyclic) bond motifs is 3. The van der Waals surface area contributed by atoms with Gasteiger partial charge in [-0.2, -0.15) is 0 Å². The standard InChI is InChI=1S/C18H30N6O/c1-10(2)22(3)18-23(4)15-16(19-9-20-17(15)24(18)5)21-13-7-12-6-11(13)8-14(12)25/h9-14,18,25H,6-8H2,1-5H3,(H,19,20,21). The fourth-order valence-corrected chi connectivity index (χ4v) is 4.95. The largest absolute Gasteiger partial charge is 0.393 e. The van der Waals surface area contributed by atoms with Crippen LogP contribution in [-0.2, 0) is 0 Å². The van der Waals surface area contributed by atoms with E-state index >= 15 is 0 Å². The first-order valence-electron chi connectivity index (χ1n) is 9.35. The molecule has 0 amide bonds. The van der Waals surface area contributed by atoms with Gasteiger partial charge in [-0.25, -0.2) is 9.97 Å². The normalized spacial score (nSPS) is 33.7. The average Bonchev–Trinajstić information content (AvgIpc) is 3.20. The number of hydrogen-bond donors (Lipinski definition) is 2. The Morgan fingerprint density at radius 2 is 1.92 bits per heavy atom. The molecule has 2 heterocycles. The molecule has 1 aliphatic heterocycles. The summed E-state index contributed by atoms with van der Waals surface area (Å²) in [6, 6.07) is 0.841. The minimum Gasteiger partial charge on any atom is -0.393 e. The van der Waals surface area contributed by atoms with Crippen molar-refractivity contribution in [3.05, 3.63) is 6.33 Å². The lowest BCUT2D eigenvalue weighted by Gasteiger charge is -2.37. The van der Waals surface area contributed by atoms with Crippen LogP contribution in [0.5, 0.6) is 0 Å². The molecule has 0 aromatic carbocycles. The molecule has 2 saturated carbocycles. The fraction of sp³-hybridized carbons (Fsp3) is 0.778. The first-order chi connectivity index (χ1) is 11.9. The van der Waals surface area contributed by atoms with Crippen molar-refractivity contribution in [3.8, 4) is 0 Å². The van der Waals surface area contributed by atoms with E-state index in [4.69, 9.17) is 0 Å². The van der Waals surface area contributed by atoms with Crippen LogP contribution in [0, 0.1) is 11.8 Å². The zero-order valence-electron chi connectivity index (χ0n) is 15.8. The van der Waals surface area contributed by atoms with E-state index in [0.29, 0.717) is 23.9 Å². The third kappa shape index (κ3) is 2.56. The Hall–Kier alpha value is -1.60. The maximum atomic E-state index is 10.0. The van der Waals surface area contributed by atoms with Crippen molar-refractivity contribution in [3.63, 3.8) is 0 Å². The number of nitrogens with one attached hydrogen (secondary N) is 1. The number of aliphatic hydroxyl groups is 1. The summed E-state index contributed by atoms with van der Waals surface area (Å²) in [6.07, 6.45) is 4.79. The first kappa shape index (κ1) is 16.8. The van der Waals surface area contributed by atoms with E-state index in [0.717, 1.165) is 36.6 Å². The number of hydrogen-bond acceptors (Lipinski definition) is 7. The van der Waals surface area contributed by atoms with Gasteiger partial charge in [-0.3, -0.25) is 4.90 Å². The molecule has 0 spiro atoms. The van der Waals surface area contributed by atoms with E-state index < -0.39 is 0 Å². The van der Waals surface area contributed by atoms with Crippen LogP contribution < -0.4 is 15.1 Å². The van der Waals surface area contributed by atoms with Gasteiger partial charge in [0.25, 0.3) is 0 Å². The van der Waals surface area contributed by atoms with Crippen molar-refractivity contribution in [1.29, 1.82) is 0 Å². The smallest absolute Gasteiger partial charge is 0.161 e. The third-order valence-corrected chi connectivity index (χ3v) is 6.50. The highest BCUT2D eigenvalue weighted by atomic mass is 16.3. The van der Waals surface area contributed by atoms with E-state index in [1.165, 1.54) is 0 Å². The molecular formula is C18H30N6O. The van der Waals surface area contributed by atoms with Gasteiger partial charge in [0.05, 0.1) is 6.10 Å². The molecule has 2 aliphatic carbocycles. The summed E-state index contributed by atoms with van der Waals surface area (Å²) < 4.78 is 0. The van der Waals surface area contributed by atoms with Gasteiger partial charge in [0, 0.05) is 26.2 Å². The van der Waals surface area contributed by atoms with Gasteiger partial charge in [0.2, 0.25) is 0 Å². The van der Waals surface area contributed by atoms with Gasteiger partial charge in [-0.15, -0.1) is 0 Å². The molecule has 3 aliphatic rings. The predicted molar refractivity (Wildman–Crippen MR) is 99.8 cm³/mol. The summed E-state index contributed by atoms with van der Waals surface area (Å²) in [5, 5.41) is 13.7. The topological polar surface area (TPSA) is 67.8 Å². The molecule has 0 radical (unpaired) electrons. The Kier molecular flexibility index (Phi) is 4.03. The lowest BCUT2D eigenvalue weighted by Crippen LogP contribution is -2.53. The van der Waals surface area contributed by atoms with Crippen molar-refractivity contribution in [1.82, 2.24) is 14.9 Å². The first-order valence-corrected chi connectivity index (χ1v) is 9.35. The summed E-state index contributed by atoms with van der Waals surface area (Å²) in [4.78, 5) is 15.9. The second-order valence-electron chi connectivity index (χ2n) is 8.27. The summed E-state index contributed by atoms with van der Waals surface area (Å²) in [7, 11) is 6.35. The lowest BCUT2D eigenvalue weighted by atomic mass is 9.93. The van der Waals surface area contributed by atoms with Crippen LogP contribution in [0.2, 0.25) is 0 Å². The molecule has 7 heteroatoms. The van der Waals surface area contributed by atoms with Crippen LogP contribution in [0.25, 0.3) is 0 Å². The van der Waals surface area contributed by atoms with E-state index in [1.807, 2.05) is 0 Å². The van der Waals surface area contributed by atoms with E-state index in [1.54, 1.807) is 6.33 Å². The molecule has 2 N–H and O–H groups in total. The summed E-state index contributed by atoms with van der Waals surface area (Å²) >= 11 is 0. The monoisotopic (exact) mass is 346 g/mol. The fourth-order valence-electron chi connectivity index (χ4n) is 4.95. The average molecular weight is 346 g/mol. The minimum absolute atomic E-state index is 0.1000. The third-order valence-electron chi connectivity index (χ3n) is 6.50. The molecule has 7 nitrogen and oxygen atoms in total. The SMILES string of the molecule is CC(C)N(C)C1N(C)c2ncnc(NC3CC4CC3CC4O)c2N1C. The highest BCUT2D eigenvalue weighted by molar-refractivity contribution is 5.83. The maximum absolute atomic E-state index is 10.0. The second-order valence-corrected chi connectivity index (χ2v) is 8.27. The summed E-state index contributed by atoms with van der Waals surface area (Å²) in [5.74, 6) is 2.91. The quantitative estimate of drug-likeness (QED) is 0.857. The molecule has 4 rings (SSSR count). The number of anilines is 3. The van der Waals surface area contributed by atoms with E-state index in [2.05, 4.69) is 65.0 Å². The Balaban J connectivity index is 1.59. The summed E-state index contributed by atoms with van der Waals surface area (Å²) in [5.41, 5.74) is 1.07. The molecule has 0 saturated heterocycles. The van der Waals surface area contributed by atoms with Gasteiger partial charge in [-0.05, 0) is 52.0 Å². The van der Waals surface area contributed by atoms with Crippen LogP contribution in [0.15, 0.2) is 6.33 Å². The molecule has 138 valence electrons. The van der Waals surface area contributed by atoms with Gasteiger partial charge in [0.15, 0.2) is 17.9 Å². The number of nitrogens with zero attached hydrogens (tertiary/aromatic N) is 5. The van der Waals surface area contributed by atoms with Crippen LogP contribution in [0.1, 0.15) is 33.1 Å². The van der Waals surface area contributed by atoms with Crippen LogP contribution >= 0.6 is 0 Å². The molecule has 25 heavy (non-hydrogen) atoms. The Morgan fingerprint density at radius 1 is 1.16 bits per heavy atom. The van der Waals surface area contributed by atoms with Crippen molar-refractivity contribution in [2.24, 2.45) is 11.8 Å². The molecule has 1 aromatic heterocycles. The molecule has 2 bridgehead atoms. The van der Waals surface area contributed by atoms with Crippen molar-refractivity contribution < 1.29 is 5.11 Å². The van der Waals surface area contributed by atoms with Crippen molar-refractivity contribution in [2.75, 3.05) is 36.3 Å². The van der Waals surface area contributed by atoms with Crippen molar-refractivity contribution >= 4 is 17.3 Å². The molecule has 5 unspecified atom stereocenters. The lowest BCUT2D eigenvalue weighted by molar-refractivity contribution is 0.110. The second kappa shape index (κ2) is 5.99. The summed E-state index contributed by atoms with van der Waals surface area (Å²) in [6.45, 7) is 4.41. The molecule has 2 fully saturated rings. The van der Waals surface area contributed by atoms with Crippen LogP contribution in [-0.4, -0.2) is 65.6 Å². The number of aliphatic hydroxyl groups excluding tert-OH is 1. The molecule has 1 aromatic rings. The minimum atomic E-state index is -0.1000. The Morgan fingerprint density at radius 3 is 2.52 bits per heavy atom. The van der Waals surface area contributed by atoms with Crippen LogP contribution in [0.4, 0.5) is 17.3 Å². The zero-order chi connectivity index (χ0) is 17.9. The molecular weight excluding hydrogens is 316 g/mol. The molecule has 5 atom stereocenters. The number of aromatic nitrogens is 2. The van der Waals surface area contributed by atoms with Gasteiger partial charge in [0.1, 0.15) is 12.0 Å². The Labute approximate surface area is 150 Å². The van der Waals surface area contributed by atoms with E-state index in [9.17, 15) is 5.11 Å². The van der Waals surface area contributed by atoms with Crippen LogP contribution in [0.3, 0.4) is 0 Å². The highest BCUT2D eigenvalue weighted by Gasteiger charge is 2.46. The van der Waals surface area contributed by atoms with Gasteiger partial charge >= 0.3 is 0 Å². The van der Waals surface area contributed by atoms with Gasteiger partial charge < -0.3 is 20.2 Å².